The van der Waals surface area contributed by atoms with E-state index in [2.05, 4.69) is 28.0 Å². The first-order valence-corrected chi connectivity index (χ1v) is 10.4. The lowest BCUT2D eigenvalue weighted by atomic mass is 10.1. The van der Waals surface area contributed by atoms with Crippen molar-refractivity contribution in [1.82, 2.24) is 4.90 Å². The van der Waals surface area contributed by atoms with Gasteiger partial charge in [-0.1, -0.05) is 18.2 Å². The Hall–Kier alpha value is -3.04. The molecule has 6 heteroatoms. The zero-order valence-corrected chi connectivity index (χ0v) is 18.1. The van der Waals surface area contributed by atoms with Gasteiger partial charge >= 0.3 is 0 Å². The van der Waals surface area contributed by atoms with Crippen LogP contribution in [0.3, 0.4) is 0 Å². The van der Waals surface area contributed by atoms with Crippen LogP contribution in [-0.2, 0) is 4.79 Å². The highest BCUT2D eigenvalue weighted by atomic mass is 16.5. The lowest BCUT2D eigenvalue weighted by Gasteiger charge is -2.37. The van der Waals surface area contributed by atoms with Crippen molar-refractivity contribution in [3.8, 4) is 11.8 Å². The minimum atomic E-state index is 0.0426. The first-order valence-electron chi connectivity index (χ1n) is 10.4. The standard InChI is InChI=1S/C24H30N4O2/c1-19-15-20(2)17-21(16-19)28(10-6-9-25)24(29)18-26-11-13-27(14-12-26)22-7-4-5-8-23(22)30-3/h4-5,7-8,15-17H,6,10-14,18H2,1-3H3. The summed E-state index contributed by atoms with van der Waals surface area (Å²) in [6.45, 7) is 8.13. The van der Waals surface area contributed by atoms with Gasteiger partial charge in [0.1, 0.15) is 5.75 Å². The van der Waals surface area contributed by atoms with Crippen LogP contribution >= 0.6 is 0 Å². The minimum absolute atomic E-state index is 0.0426. The molecule has 30 heavy (non-hydrogen) atoms. The normalized spacial score (nSPS) is 14.3. The quantitative estimate of drug-likeness (QED) is 0.705. The average Bonchev–Trinajstić information content (AvgIpc) is 2.74. The van der Waals surface area contributed by atoms with Crippen LogP contribution in [0.1, 0.15) is 17.5 Å². The van der Waals surface area contributed by atoms with Gasteiger partial charge in [-0.3, -0.25) is 9.69 Å². The predicted octanol–water partition coefficient (Wildman–Crippen LogP) is 3.38. The fraction of sp³-hybridized carbons (Fsp3) is 0.417. The van der Waals surface area contributed by atoms with Crippen molar-refractivity contribution < 1.29 is 9.53 Å². The number of hydrogen-bond donors (Lipinski definition) is 0. The summed E-state index contributed by atoms with van der Waals surface area (Å²) in [6, 6.07) is 16.3. The maximum absolute atomic E-state index is 13.1. The molecule has 0 aromatic heterocycles. The molecule has 1 amide bonds. The summed E-state index contributed by atoms with van der Waals surface area (Å²) in [5.74, 6) is 0.917. The van der Waals surface area contributed by atoms with Crippen molar-refractivity contribution in [3.63, 3.8) is 0 Å². The van der Waals surface area contributed by atoms with Gasteiger partial charge < -0.3 is 14.5 Å². The highest BCUT2D eigenvalue weighted by molar-refractivity contribution is 5.95. The smallest absolute Gasteiger partial charge is 0.241 e. The molecule has 3 rings (SSSR count). The zero-order valence-electron chi connectivity index (χ0n) is 18.1. The molecule has 0 bridgehead atoms. The molecule has 0 spiro atoms. The van der Waals surface area contributed by atoms with Crippen molar-refractivity contribution in [2.45, 2.75) is 20.3 Å². The van der Waals surface area contributed by atoms with E-state index < -0.39 is 0 Å². The molecular weight excluding hydrogens is 376 g/mol. The molecule has 6 nitrogen and oxygen atoms in total. The molecule has 1 saturated heterocycles. The van der Waals surface area contributed by atoms with E-state index in [1.165, 1.54) is 0 Å². The Morgan fingerprint density at radius 1 is 1.10 bits per heavy atom. The number of anilines is 2. The number of methoxy groups -OCH3 is 1. The molecule has 0 unspecified atom stereocenters. The van der Waals surface area contributed by atoms with Crippen molar-refractivity contribution in [2.24, 2.45) is 0 Å². The molecule has 2 aromatic rings. The fourth-order valence-electron chi connectivity index (χ4n) is 3.98. The predicted molar refractivity (Wildman–Crippen MR) is 120 cm³/mol. The van der Waals surface area contributed by atoms with Gasteiger partial charge in [0.2, 0.25) is 5.91 Å². The fourth-order valence-corrected chi connectivity index (χ4v) is 3.98. The van der Waals surface area contributed by atoms with Crippen LogP contribution in [0.15, 0.2) is 42.5 Å². The van der Waals surface area contributed by atoms with E-state index in [1.54, 1.807) is 12.0 Å². The van der Waals surface area contributed by atoms with Crippen molar-refractivity contribution in [3.05, 3.63) is 53.6 Å². The zero-order chi connectivity index (χ0) is 21.5. The monoisotopic (exact) mass is 406 g/mol. The number of carbonyl (C=O) groups is 1. The Balaban J connectivity index is 1.65. The number of hydrogen-bond acceptors (Lipinski definition) is 5. The van der Waals surface area contributed by atoms with Gasteiger partial charge in [-0.05, 0) is 49.2 Å². The maximum Gasteiger partial charge on any atom is 0.241 e. The third-order valence-electron chi connectivity index (χ3n) is 5.42. The Bertz CT molecular complexity index is 893. The molecule has 1 aliphatic rings. The van der Waals surface area contributed by atoms with Gasteiger partial charge in [-0.2, -0.15) is 5.26 Å². The number of ether oxygens (including phenoxy) is 1. The molecule has 0 radical (unpaired) electrons. The average molecular weight is 407 g/mol. The Morgan fingerprint density at radius 2 is 1.77 bits per heavy atom. The first kappa shape index (κ1) is 21.7. The molecule has 2 aromatic carbocycles. The van der Waals surface area contributed by atoms with E-state index in [-0.39, 0.29) is 5.91 Å². The highest BCUT2D eigenvalue weighted by Crippen LogP contribution is 2.28. The van der Waals surface area contributed by atoms with E-state index in [9.17, 15) is 4.79 Å². The number of piperazine rings is 1. The number of nitrogens with zero attached hydrogens (tertiary/aromatic N) is 4. The van der Waals surface area contributed by atoms with Gasteiger partial charge in [0.05, 0.1) is 31.8 Å². The molecule has 0 saturated carbocycles. The van der Waals surface area contributed by atoms with Crippen molar-refractivity contribution in [2.75, 3.05) is 56.2 Å². The van der Waals surface area contributed by atoms with Crippen LogP contribution in [0.2, 0.25) is 0 Å². The van der Waals surface area contributed by atoms with Gasteiger partial charge in [0.15, 0.2) is 0 Å². The highest BCUT2D eigenvalue weighted by Gasteiger charge is 2.24. The summed E-state index contributed by atoms with van der Waals surface area (Å²) in [5, 5.41) is 9.04. The van der Waals surface area contributed by atoms with E-state index in [1.807, 2.05) is 44.2 Å². The Morgan fingerprint density at radius 3 is 2.40 bits per heavy atom. The second kappa shape index (κ2) is 10.1. The van der Waals surface area contributed by atoms with E-state index >= 15 is 0 Å². The summed E-state index contributed by atoms with van der Waals surface area (Å²) < 4.78 is 5.48. The number of benzene rings is 2. The van der Waals surface area contributed by atoms with Crippen LogP contribution in [0.4, 0.5) is 11.4 Å². The number of carbonyl (C=O) groups excluding carboxylic acids is 1. The number of amides is 1. The lowest BCUT2D eigenvalue weighted by molar-refractivity contribution is -0.119. The molecule has 1 fully saturated rings. The molecular formula is C24H30N4O2. The van der Waals surface area contributed by atoms with Gasteiger partial charge in [0, 0.05) is 38.4 Å². The second-order valence-corrected chi connectivity index (χ2v) is 7.73. The summed E-state index contributed by atoms with van der Waals surface area (Å²) in [7, 11) is 1.69. The van der Waals surface area contributed by atoms with E-state index in [0.717, 1.165) is 54.4 Å². The molecule has 0 atom stereocenters. The van der Waals surface area contributed by atoms with Gasteiger partial charge in [0.25, 0.3) is 0 Å². The summed E-state index contributed by atoms with van der Waals surface area (Å²) in [4.78, 5) is 19.4. The number of rotatable bonds is 7. The van der Waals surface area contributed by atoms with Crippen molar-refractivity contribution in [1.29, 1.82) is 5.26 Å². The largest absolute Gasteiger partial charge is 0.495 e. The molecule has 0 N–H and O–H groups in total. The summed E-state index contributed by atoms with van der Waals surface area (Å²) >= 11 is 0. The molecule has 0 aliphatic carbocycles. The second-order valence-electron chi connectivity index (χ2n) is 7.73. The number of para-hydroxylation sites is 2. The van der Waals surface area contributed by atoms with Crippen molar-refractivity contribution >= 4 is 17.3 Å². The number of aryl methyl sites for hydroxylation is 2. The third kappa shape index (κ3) is 5.31. The van der Waals surface area contributed by atoms with Crippen LogP contribution in [0.25, 0.3) is 0 Å². The topological polar surface area (TPSA) is 59.8 Å². The summed E-state index contributed by atoms with van der Waals surface area (Å²) in [5.41, 5.74) is 4.20. The molecule has 1 aliphatic heterocycles. The van der Waals surface area contributed by atoms with Gasteiger partial charge in [-0.15, -0.1) is 0 Å². The van der Waals surface area contributed by atoms with Crippen LogP contribution in [0, 0.1) is 25.2 Å². The van der Waals surface area contributed by atoms with E-state index in [4.69, 9.17) is 10.00 Å². The van der Waals surface area contributed by atoms with E-state index in [0.29, 0.717) is 19.5 Å². The lowest BCUT2D eigenvalue weighted by Crippen LogP contribution is -2.50. The SMILES string of the molecule is COc1ccccc1N1CCN(CC(=O)N(CCC#N)c2cc(C)cc(C)c2)CC1. The number of nitriles is 1. The molecule has 158 valence electrons. The Labute approximate surface area is 179 Å². The van der Waals surface area contributed by atoms with Crippen LogP contribution in [-0.4, -0.2) is 57.2 Å². The van der Waals surface area contributed by atoms with Crippen LogP contribution < -0.4 is 14.5 Å². The third-order valence-corrected chi connectivity index (χ3v) is 5.42. The first-order chi connectivity index (χ1) is 14.5. The maximum atomic E-state index is 13.1. The minimum Gasteiger partial charge on any atom is -0.495 e. The van der Waals surface area contributed by atoms with Gasteiger partial charge in [-0.25, -0.2) is 0 Å². The van der Waals surface area contributed by atoms with Crippen LogP contribution in [0.5, 0.6) is 5.75 Å². The summed E-state index contributed by atoms with van der Waals surface area (Å²) in [6.07, 6.45) is 0.320. The Kier molecular flexibility index (Phi) is 7.31. The molecule has 1 heterocycles.